The van der Waals surface area contributed by atoms with Crippen molar-refractivity contribution in [2.24, 2.45) is 0 Å². The molecule has 0 bridgehead atoms. The molecule has 0 aliphatic heterocycles. The molecule has 8 heteroatoms. The van der Waals surface area contributed by atoms with Crippen LogP contribution in [0.1, 0.15) is 17.5 Å². The molecule has 1 amide bonds. The maximum atomic E-state index is 14.5. The molecule has 160 valence electrons. The van der Waals surface area contributed by atoms with Gasteiger partial charge in [0, 0.05) is 17.5 Å². The summed E-state index contributed by atoms with van der Waals surface area (Å²) in [6, 6.07) is 8.97. The van der Waals surface area contributed by atoms with Crippen molar-refractivity contribution < 1.29 is 28.9 Å². The van der Waals surface area contributed by atoms with Crippen molar-refractivity contribution in [1.82, 2.24) is 10.3 Å². The van der Waals surface area contributed by atoms with Crippen molar-refractivity contribution >= 4 is 16.8 Å². The average molecular weight is 418 g/mol. The van der Waals surface area contributed by atoms with Crippen LogP contribution in [0.25, 0.3) is 22.2 Å². The summed E-state index contributed by atoms with van der Waals surface area (Å²) in [4.78, 5) is 15.5. The fraction of sp³-hybridized carbons (Fsp3) is 0.318. The number of amides is 1. The number of hydrogen-bond acceptors (Lipinski definition) is 4. The Kier molecular flexibility index (Phi) is 6.50. The van der Waals surface area contributed by atoms with Crippen LogP contribution in [-0.4, -0.2) is 51.6 Å². The molecule has 1 heterocycles. The molecule has 0 saturated carbocycles. The van der Waals surface area contributed by atoms with Gasteiger partial charge in [0.25, 0.3) is 0 Å². The van der Waals surface area contributed by atoms with Crippen LogP contribution >= 0.6 is 0 Å². The SMILES string of the molecule is Cc1cc(F)c2[nH]c(-c3ccc(F)cc3)c(CCC(=O)NC(CO)(CO)CO)c2c1. The summed E-state index contributed by atoms with van der Waals surface area (Å²) in [7, 11) is 0. The lowest BCUT2D eigenvalue weighted by Gasteiger charge is -2.28. The minimum absolute atomic E-state index is 0.0293. The first kappa shape index (κ1) is 21.9. The number of benzene rings is 2. The van der Waals surface area contributed by atoms with Crippen molar-refractivity contribution in [3.63, 3.8) is 0 Å². The van der Waals surface area contributed by atoms with Gasteiger partial charge in [-0.3, -0.25) is 4.79 Å². The number of carbonyl (C=O) groups is 1. The molecule has 0 radical (unpaired) electrons. The predicted octanol–water partition coefficient (Wildman–Crippen LogP) is 2.19. The summed E-state index contributed by atoms with van der Waals surface area (Å²) < 4.78 is 27.9. The Labute approximate surface area is 172 Å². The Morgan fingerprint density at radius 3 is 2.30 bits per heavy atom. The zero-order valence-corrected chi connectivity index (χ0v) is 16.5. The van der Waals surface area contributed by atoms with E-state index < -0.39 is 42.9 Å². The highest BCUT2D eigenvalue weighted by Crippen LogP contribution is 2.33. The number of H-pyrrole nitrogens is 1. The molecule has 0 unspecified atom stereocenters. The van der Waals surface area contributed by atoms with E-state index in [1.165, 1.54) is 18.2 Å². The summed E-state index contributed by atoms with van der Waals surface area (Å²) >= 11 is 0. The minimum Gasteiger partial charge on any atom is -0.394 e. The van der Waals surface area contributed by atoms with Gasteiger partial charge in [-0.2, -0.15) is 0 Å². The Balaban J connectivity index is 1.96. The van der Waals surface area contributed by atoms with Crippen LogP contribution in [0.3, 0.4) is 0 Å². The lowest BCUT2D eigenvalue weighted by Crippen LogP contribution is -2.57. The van der Waals surface area contributed by atoms with Crippen molar-refractivity contribution in [2.75, 3.05) is 19.8 Å². The topological polar surface area (TPSA) is 106 Å². The minimum atomic E-state index is -1.51. The summed E-state index contributed by atoms with van der Waals surface area (Å²) in [5.41, 5.74) is 1.42. The second-order valence-electron chi connectivity index (χ2n) is 7.46. The maximum absolute atomic E-state index is 14.5. The summed E-state index contributed by atoms with van der Waals surface area (Å²) in [5.74, 6) is -1.31. The molecule has 0 fully saturated rings. The molecule has 2 aromatic carbocycles. The number of nitrogens with one attached hydrogen (secondary N) is 2. The summed E-state index contributed by atoms with van der Waals surface area (Å²) in [6.07, 6.45) is 0.193. The molecular weight excluding hydrogens is 394 g/mol. The lowest BCUT2D eigenvalue weighted by atomic mass is 9.99. The number of carbonyl (C=O) groups excluding carboxylic acids is 1. The quantitative estimate of drug-likeness (QED) is 0.387. The highest BCUT2D eigenvalue weighted by Gasteiger charge is 2.30. The molecular formula is C22H24F2N2O4. The van der Waals surface area contributed by atoms with E-state index >= 15 is 0 Å². The smallest absolute Gasteiger partial charge is 0.220 e. The first-order chi connectivity index (χ1) is 14.3. The van der Waals surface area contributed by atoms with E-state index in [0.29, 0.717) is 27.7 Å². The van der Waals surface area contributed by atoms with Gasteiger partial charge in [-0.25, -0.2) is 8.78 Å². The number of aromatic nitrogens is 1. The van der Waals surface area contributed by atoms with E-state index in [-0.39, 0.29) is 12.8 Å². The van der Waals surface area contributed by atoms with Gasteiger partial charge in [-0.05, 0) is 66.4 Å². The number of fused-ring (bicyclic) bond motifs is 1. The molecule has 3 aromatic rings. The van der Waals surface area contributed by atoms with Gasteiger partial charge in [0.2, 0.25) is 5.91 Å². The number of aliphatic hydroxyl groups is 3. The van der Waals surface area contributed by atoms with Crippen LogP contribution < -0.4 is 5.32 Å². The van der Waals surface area contributed by atoms with Gasteiger partial charge in [-0.15, -0.1) is 0 Å². The monoisotopic (exact) mass is 418 g/mol. The van der Waals surface area contributed by atoms with E-state index in [4.69, 9.17) is 0 Å². The maximum Gasteiger partial charge on any atom is 0.220 e. The molecule has 0 aliphatic carbocycles. The van der Waals surface area contributed by atoms with Crippen LogP contribution in [0.15, 0.2) is 36.4 Å². The molecule has 0 saturated heterocycles. The first-order valence-corrected chi connectivity index (χ1v) is 9.52. The Morgan fingerprint density at radius 1 is 1.07 bits per heavy atom. The average Bonchev–Trinajstić information content (AvgIpc) is 3.10. The predicted molar refractivity (Wildman–Crippen MR) is 109 cm³/mol. The molecule has 0 atom stereocenters. The molecule has 0 spiro atoms. The van der Waals surface area contributed by atoms with Crippen LogP contribution in [0.5, 0.6) is 0 Å². The third kappa shape index (κ3) is 4.35. The summed E-state index contributed by atoms with van der Waals surface area (Å²) in [5, 5.41) is 31.2. The number of aromatic amines is 1. The fourth-order valence-electron chi connectivity index (χ4n) is 3.43. The second-order valence-corrected chi connectivity index (χ2v) is 7.46. The van der Waals surface area contributed by atoms with E-state index in [2.05, 4.69) is 10.3 Å². The van der Waals surface area contributed by atoms with E-state index in [9.17, 15) is 28.9 Å². The molecule has 5 N–H and O–H groups in total. The third-order valence-electron chi connectivity index (χ3n) is 5.16. The highest BCUT2D eigenvalue weighted by molar-refractivity contribution is 5.92. The second kappa shape index (κ2) is 8.91. The van der Waals surface area contributed by atoms with Crippen molar-refractivity contribution in [1.29, 1.82) is 0 Å². The van der Waals surface area contributed by atoms with Crippen molar-refractivity contribution in [3.05, 3.63) is 59.2 Å². The third-order valence-corrected chi connectivity index (χ3v) is 5.16. The fourth-order valence-corrected chi connectivity index (χ4v) is 3.43. The van der Waals surface area contributed by atoms with Crippen LogP contribution in [-0.2, 0) is 11.2 Å². The summed E-state index contributed by atoms with van der Waals surface area (Å²) in [6.45, 7) is -0.0974. The molecule has 3 rings (SSSR count). The zero-order valence-electron chi connectivity index (χ0n) is 16.5. The molecule has 6 nitrogen and oxygen atoms in total. The van der Waals surface area contributed by atoms with Gasteiger partial charge < -0.3 is 25.6 Å². The van der Waals surface area contributed by atoms with Crippen LogP contribution in [0.4, 0.5) is 8.78 Å². The molecule has 1 aromatic heterocycles. The van der Waals surface area contributed by atoms with E-state index in [1.54, 1.807) is 19.1 Å². The van der Waals surface area contributed by atoms with Crippen molar-refractivity contribution in [3.8, 4) is 11.3 Å². The van der Waals surface area contributed by atoms with E-state index in [0.717, 1.165) is 5.56 Å². The normalized spacial score (nSPS) is 11.8. The lowest BCUT2D eigenvalue weighted by molar-refractivity contribution is -0.125. The Bertz CT molecular complexity index is 1040. The van der Waals surface area contributed by atoms with Gasteiger partial charge in [0.1, 0.15) is 17.2 Å². The number of halogens is 2. The first-order valence-electron chi connectivity index (χ1n) is 9.52. The van der Waals surface area contributed by atoms with Gasteiger partial charge in [0.15, 0.2) is 0 Å². The Hall–Kier alpha value is -2.81. The number of hydrogen-bond donors (Lipinski definition) is 5. The largest absolute Gasteiger partial charge is 0.394 e. The zero-order chi connectivity index (χ0) is 21.9. The number of aliphatic hydroxyl groups excluding tert-OH is 3. The van der Waals surface area contributed by atoms with Gasteiger partial charge in [0.05, 0.1) is 25.3 Å². The standard InChI is InChI=1S/C22H24F2N2O4/c1-13-8-17-16(6-7-19(30)26-22(10-27,11-28)12-29)20(25-21(17)18(24)9-13)14-2-4-15(23)5-3-14/h2-5,8-9,25,27-29H,6-7,10-12H2,1H3,(H,26,30). The van der Waals surface area contributed by atoms with E-state index in [1.807, 2.05) is 6.07 Å². The number of rotatable bonds is 8. The van der Waals surface area contributed by atoms with Crippen LogP contribution in [0, 0.1) is 18.6 Å². The molecule has 30 heavy (non-hydrogen) atoms. The van der Waals surface area contributed by atoms with Gasteiger partial charge >= 0.3 is 0 Å². The van der Waals surface area contributed by atoms with Gasteiger partial charge in [-0.1, -0.05) is 0 Å². The molecule has 0 aliphatic rings. The van der Waals surface area contributed by atoms with Crippen LogP contribution in [0.2, 0.25) is 0 Å². The van der Waals surface area contributed by atoms with Crippen molar-refractivity contribution in [2.45, 2.75) is 25.3 Å². The number of aryl methyl sites for hydroxylation is 2. The highest BCUT2D eigenvalue weighted by atomic mass is 19.1. The Morgan fingerprint density at radius 2 is 1.70 bits per heavy atom.